The van der Waals surface area contributed by atoms with Crippen LogP contribution in [0, 0.1) is 0 Å². The summed E-state index contributed by atoms with van der Waals surface area (Å²) in [5.74, 6) is -0.378. The minimum Gasteiger partial charge on any atom is -0.378 e. The summed E-state index contributed by atoms with van der Waals surface area (Å²) in [4.78, 5) is 11.1. The summed E-state index contributed by atoms with van der Waals surface area (Å²) in [6, 6.07) is 0. The second kappa shape index (κ2) is 6.96. The maximum atomic E-state index is 11.8. The highest BCUT2D eigenvalue weighted by Gasteiger charge is 2.27. The van der Waals surface area contributed by atoms with E-state index in [0.717, 1.165) is 25.9 Å². The van der Waals surface area contributed by atoms with Crippen molar-refractivity contribution in [2.75, 3.05) is 19.7 Å². The molecule has 6 heteroatoms. The van der Waals surface area contributed by atoms with Crippen LogP contribution in [0.25, 0.3) is 0 Å². The Morgan fingerprint density at radius 2 is 1.88 bits per heavy atom. The van der Waals surface area contributed by atoms with E-state index in [4.69, 9.17) is 4.74 Å². The third-order valence-electron chi connectivity index (χ3n) is 2.71. The van der Waals surface area contributed by atoms with Crippen LogP contribution in [0.2, 0.25) is 0 Å². The molecule has 1 aliphatic heterocycles. The topological polar surface area (TPSA) is 38.3 Å². The molecule has 3 nitrogen and oxygen atoms in total. The zero-order valence-electron chi connectivity index (χ0n) is 9.68. The lowest BCUT2D eigenvalue weighted by atomic mass is 10.1. The molecule has 1 heterocycles. The highest BCUT2D eigenvalue weighted by molar-refractivity contribution is 5.78. The molecule has 0 saturated carbocycles. The van der Waals surface area contributed by atoms with Crippen LogP contribution in [0.1, 0.15) is 32.1 Å². The zero-order chi connectivity index (χ0) is 12.7. The summed E-state index contributed by atoms with van der Waals surface area (Å²) in [6.45, 7) is 2.03. The minimum absolute atomic E-state index is 0.0833. The number of nitrogens with one attached hydrogen (secondary N) is 1. The van der Waals surface area contributed by atoms with Crippen molar-refractivity contribution < 1.29 is 22.7 Å². The van der Waals surface area contributed by atoms with Crippen molar-refractivity contribution in [1.29, 1.82) is 0 Å². The summed E-state index contributed by atoms with van der Waals surface area (Å²) in [6.07, 6.45) is -3.68. The maximum absolute atomic E-state index is 11.8. The molecule has 0 spiro atoms. The lowest BCUT2D eigenvalue weighted by Gasteiger charge is -2.22. The van der Waals surface area contributed by atoms with Crippen LogP contribution in [0.3, 0.4) is 0 Å². The maximum Gasteiger partial charge on any atom is 0.389 e. The van der Waals surface area contributed by atoms with Crippen LogP contribution < -0.4 is 5.32 Å². The van der Waals surface area contributed by atoms with Gasteiger partial charge < -0.3 is 10.1 Å². The van der Waals surface area contributed by atoms with Crippen molar-refractivity contribution in [3.05, 3.63) is 0 Å². The predicted molar refractivity (Wildman–Crippen MR) is 56.8 cm³/mol. The smallest absolute Gasteiger partial charge is 0.378 e. The van der Waals surface area contributed by atoms with Gasteiger partial charge in [-0.3, -0.25) is 4.79 Å². The van der Waals surface area contributed by atoms with Gasteiger partial charge in [0, 0.05) is 12.8 Å². The summed E-state index contributed by atoms with van der Waals surface area (Å²) in [5, 5.41) is 3.18. The number of carbonyl (C=O) groups is 1. The standard InChI is InChI=1S/C11H18F3NO2/c12-11(13,14)5-1-9(16)4-8-17-10-2-6-15-7-3-10/h10,15H,1-8H2. The highest BCUT2D eigenvalue weighted by Crippen LogP contribution is 2.21. The van der Waals surface area contributed by atoms with E-state index in [0.29, 0.717) is 0 Å². The molecule has 0 radical (unpaired) electrons. The van der Waals surface area contributed by atoms with E-state index in [9.17, 15) is 18.0 Å². The first-order valence-corrected chi connectivity index (χ1v) is 5.88. The van der Waals surface area contributed by atoms with Gasteiger partial charge in [0.2, 0.25) is 0 Å². The number of hydrogen-bond donors (Lipinski definition) is 1. The monoisotopic (exact) mass is 253 g/mol. The summed E-state index contributed by atoms with van der Waals surface area (Å²) < 4.78 is 41.0. The van der Waals surface area contributed by atoms with Gasteiger partial charge in [0.25, 0.3) is 0 Å². The van der Waals surface area contributed by atoms with Gasteiger partial charge in [-0.2, -0.15) is 13.2 Å². The van der Waals surface area contributed by atoms with Crippen molar-refractivity contribution in [2.45, 2.75) is 44.4 Å². The fourth-order valence-corrected chi connectivity index (χ4v) is 1.71. The molecule has 0 bridgehead atoms. The van der Waals surface area contributed by atoms with Crippen LogP contribution in [-0.2, 0) is 9.53 Å². The van der Waals surface area contributed by atoms with Crippen molar-refractivity contribution in [3.8, 4) is 0 Å². The minimum atomic E-state index is -4.24. The third-order valence-corrected chi connectivity index (χ3v) is 2.71. The van der Waals surface area contributed by atoms with Gasteiger partial charge in [-0.15, -0.1) is 0 Å². The number of halogens is 3. The number of piperidine rings is 1. The van der Waals surface area contributed by atoms with Crippen molar-refractivity contribution in [1.82, 2.24) is 5.32 Å². The Morgan fingerprint density at radius 1 is 1.24 bits per heavy atom. The molecule has 1 saturated heterocycles. The molecule has 0 unspecified atom stereocenters. The predicted octanol–water partition coefficient (Wildman–Crippen LogP) is 2.06. The fourth-order valence-electron chi connectivity index (χ4n) is 1.71. The molecule has 100 valence electrons. The van der Waals surface area contributed by atoms with Crippen LogP contribution in [-0.4, -0.2) is 37.8 Å². The quantitative estimate of drug-likeness (QED) is 0.787. The molecule has 0 aromatic heterocycles. The van der Waals surface area contributed by atoms with E-state index in [-0.39, 0.29) is 24.9 Å². The molecule has 0 amide bonds. The van der Waals surface area contributed by atoms with Crippen LogP contribution >= 0.6 is 0 Å². The second-order valence-electron chi connectivity index (χ2n) is 4.22. The number of rotatable bonds is 6. The van der Waals surface area contributed by atoms with E-state index in [1.54, 1.807) is 0 Å². The lowest BCUT2D eigenvalue weighted by molar-refractivity contribution is -0.143. The molecule has 17 heavy (non-hydrogen) atoms. The highest BCUT2D eigenvalue weighted by atomic mass is 19.4. The van der Waals surface area contributed by atoms with Crippen molar-refractivity contribution in [3.63, 3.8) is 0 Å². The molecular weight excluding hydrogens is 235 g/mol. The van der Waals surface area contributed by atoms with Gasteiger partial charge in [-0.25, -0.2) is 0 Å². The van der Waals surface area contributed by atoms with Gasteiger partial charge in [0.15, 0.2) is 0 Å². The molecule has 0 aromatic carbocycles. The summed E-state index contributed by atoms with van der Waals surface area (Å²) >= 11 is 0. The van der Waals surface area contributed by atoms with Gasteiger partial charge in [-0.05, 0) is 25.9 Å². The molecule has 1 rings (SSSR count). The molecule has 1 N–H and O–H groups in total. The van der Waals surface area contributed by atoms with Crippen molar-refractivity contribution in [2.24, 2.45) is 0 Å². The van der Waals surface area contributed by atoms with Gasteiger partial charge in [0.1, 0.15) is 5.78 Å². The lowest BCUT2D eigenvalue weighted by Crippen LogP contribution is -2.32. The van der Waals surface area contributed by atoms with E-state index < -0.39 is 19.0 Å². The second-order valence-corrected chi connectivity index (χ2v) is 4.22. The van der Waals surface area contributed by atoms with E-state index in [2.05, 4.69) is 5.32 Å². The number of Topliss-reactive ketones (excluding diaryl/α,β-unsaturated/α-hetero) is 1. The normalized spacial score (nSPS) is 18.3. The fraction of sp³-hybridized carbons (Fsp3) is 0.909. The largest absolute Gasteiger partial charge is 0.389 e. The summed E-state index contributed by atoms with van der Waals surface area (Å²) in [7, 11) is 0. The van der Waals surface area contributed by atoms with Crippen LogP contribution in [0.15, 0.2) is 0 Å². The first-order valence-electron chi connectivity index (χ1n) is 5.88. The Morgan fingerprint density at radius 3 is 2.47 bits per heavy atom. The Kier molecular flexibility index (Phi) is 5.91. The average molecular weight is 253 g/mol. The number of carbonyl (C=O) groups excluding carboxylic acids is 1. The zero-order valence-corrected chi connectivity index (χ0v) is 9.68. The Labute approximate surface area is 98.7 Å². The first-order chi connectivity index (χ1) is 7.97. The van der Waals surface area contributed by atoms with Crippen LogP contribution in [0.5, 0.6) is 0 Å². The molecule has 1 aliphatic rings. The van der Waals surface area contributed by atoms with Gasteiger partial charge in [0.05, 0.1) is 19.1 Å². The number of ketones is 1. The van der Waals surface area contributed by atoms with Gasteiger partial charge in [-0.1, -0.05) is 0 Å². The molecule has 0 atom stereocenters. The van der Waals surface area contributed by atoms with Gasteiger partial charge >= 0.3 is 6.18 Å². The number of alkyl halides is 3. The van der Waals surface area contributed by atoms with Crippen molar-refractivity contribution >= 4 is 5.78 Å². The van der Waals surface area contributed by atoms with E-state index in [1.165, 1.54) is 0 Å². The Bertz CT molecular complexity index is 237. The first kappa shape index (κ1) is 14.4. The molecule has 0 aromatic rings. The average Bonchev–Trinajstić information content (AvgIpc) is 2.27. The third kappa shape index (κ3) is 7.33. The summed E-state index contributed by atoms with van der Waals surface area (Å²) in [5.41, 5.74) is 0. The SMILES string of the molecule is O=C(CCOC1CCNCC1)CCC(F)(F)F. The molecule has 1 fully saturated rings. The van der Waals surface area contributed by atoms with Crippen LogP contribution in [0.4, 0.5) is 13.2 Å². The van der Waals surface area contributed by atoms with E-state index >= 15 is 0 Å². The molecule has 0 aliphatic carbocycles. The number of hydrogen-bond acceptors (Lipinski definition) is 3. The Hall–Kier alpha value is -0.620. The number of ether oxygens (including phenoxy) is 1. The Balaban J connectivity index is 2.03. The molecular formula is C11H18F3NO2. The van der Waals surface area contributed by atoms with E-state index in [1.807, 2.05) is 0 Å².